The van der Waals surface area contributed by atoms with Crippen LogP contribution in [0.25, 0.3) is 11.3 Å². The Hall–Kier alpha value is -3.34. The van der Waals surface area contributed by atoms with E-state index in [1.54, 1.807) is 7.11 Å². The van der Waals surface area contributed by atoms with Gasteiger partial charge in [0.05, 0.1) is 25.8 Å². The summed E-state index contributed by atoms with van der Waals surface area (Å²) in [7, 11) is 1.64. The molecule has 0 saturated carbocycles. The Morgan fingerprint density at radius 2 is 1.77 bits per heavy atom. The molecule has 1 N–H and O–H groups in total. The van der Waals surface area contributed by atoms with Crippen molar-refractivity contribution in [3.05, 3.63) is 77.9 Å². The van der Waals surface area contributed by atoms with Gasteiger partial charge in [0.1, 0.15) is 0 Å². The molecule has 0 aliphatic carbocycles. The Labute approximate surface area is 178 Å². The summed E-state index contributed by atoms with van der Waals surface area (Å²) in [5.74, 6) is 0.571. The van der Waals surface area contributed by atoms with Gasteiger partial charge >= 0.3 is 5.97 Å². The SMILES string of the molecule is CCOC(=O)CC(C)c1ccc(NCc2ccc(-c3ccccc3)nc2OC)cc1. The zero-order valence-electron chi connectivity index (χ0n) is 17.7. The predicted octanol–water partition coefficient (Wildman–Crippen LogP) is 5.43. The lowest BCUT2D eigenvalue weighted by molar-refractivity contribution is -0.143. The molecule has 0 radical (unpaired) electrons. The highest BCUT2D eigenvalue weighted by Crippen LogP contribution is 2.25. The predicted molar refractivity (Wildman–Crippen MR) is 120 cm³/mol. The monoisotopic (exact) mass is 404 g/mol. The minimum absolute atomic E-state index is 0.118. The number of rotatable bonds is 9. The average molecular weight is 405 g/mol. The summed E-state index contributed by atoms with van der Waals surface area (Å²) in [6, 6.07) is 22.2. The lowest BCUT2D eigenvalue weighted by Gasteiger charge is -2.14. The summed E-state index contributed by atoms with van der Waals surface area (Å²) in [4.78, 5) is 16.3. The number of aromatic nitrogens is 1. The van der Waals surface area contributed by atoms with Crippen molar-refractivity contribution in [2.24, 2.45) is 0 Å². The number of esters is 1. The van der Waals surface area contributed by atoms with Gasteiger partial charge in [-0.1, -0.05) is 49.4 Å². The topological polar surface area (TPSA) is 60.5 Å². The number of nitrogens with zero attached hydrogens (tertiary/aromatic N) is 1. The largest absolute Gasteiger partial charge is 0.481 e. The maximum absolute atomic E-state index is 11.7. The first kappa shape index (κ1) is 21.4. The van der Waals surface area contributed by atoms with Gasteiger partial charge in [-0.15, -0.1) is 0 Å². The zero-order chi connectivity index (χ0) is 21.3. The Morgan fingerprint density at radius 3 is 2.43 bits per heavy atom. The van der Waals surface area contributed by atoms with Crippen molar-refractivity contribution in [1.29, 1.82) is 0 Å². The minimum Gasteiger partial charge on any atom is -0.481 e. The molecule has 156 valence electrons. The number of carbonyl (C=O) groups is 1. The summed E-state index contributed by atoms with van der Waals surface area (Å²) in [6.07, 6.45) is 0.386. The second-order valence-electron chi connectivity index (χ2n) is 7.12. The van der Waals surface area contributed by atoms with Gasteiger partial charge in [-0.2, -0.15) is 0 Å². The quantitative estimate of drug-likeness (QED) is 0.482. The fourth-order valence-corrected chi connectivity index (χ4v) is 3.26. The molecule has 2 aromatic carbocycles. The second kappa shape index (κ2) is 10.4. The lowest BCUT2D eigenvalue weighted by Crippen LogP contribution is -2.08. The number of ether oxygens (including phenoxy) is 2. The fraction of sp³-hybridized carbons (Fsp3) is 0.280. The molecule has 0 spiro atoms. The number of anilines is 1. The number of pyridine rings is 1. The highest BCUT2D eigenvalue weighted by molar-refractivity contribution is 5.70. The van der Waals surface area contributed by atoms with Crippen LogP contribution in [-0.2, 0) is 16.1 Å². The van der Waals surface area contributed by atoms with Gasteiger partial charge in [-0.25, -0.2) is 4.98 Å². The van der Waals surface area contributed by atoms with Crippen LogP contribution in [0.4, 0.5) is 5.69 Å². The molecule has 3 rings (SSSR count). The van der Waals surface area contributed by atoms with E-state index in [9.17, 15) is 4.79 Å². The Bertz CT molecular complexity index is 956. The third-order valence-corrected chi connectivity index (χ3v) is 4.94. The van der Waals surface area contributed by atoms with E-state index in [2.05, 4.69) is 10.3 Å². The Kier molecular flexibility index (Phi) is 7.44. The zero-order valence-corrected chi connectivity index (χ0v) is 17.7. The van der Waals surface area contributed by atoms with E-state index in [1.165, 1.54) is 0 Å². The summed E-state index contributed by atoms with van der Waals surface area (Å²) < 4.78 is 10.5. The Balaban J connectivity index is 1.63. The van der Waals surface area contributed by atoms with Crippen LogP contribution >= 0.6 is 0 Å². The number of hydrogen-bond donors (Lipinski definition) is 1. The van der Waals surface area contributed by atoms with Gasteiger partial charge in [-0.3, -0.25) is 4.79 Å². The molecular weight excluding hydrogens is 376 g/mol. The van der Waals surface area contributed by atoms with Crippen LogP contribution in [0.2, 0.25) is 0 Å². The molecule has 0 saturated heterocycles. The molecule has 1 atom stereocenters. The molecule has 0 aliphatic rings. The minimum atomic E-state index is -0.161. The number of benzene rings is 2. The van der Waals surface area contributed by atoms with Gasteiger partial charge < -0.3 is 14.8 Å². The van der Waals surface area contributed by atoms with E-state index in [0.717, 1.165) is 28.1 Å². The van der Waals surface area contributed by atoms with E-state index >= 15 is 0 Å². The summed E-state index contributed by atoms with van der Waals surface area (Å²) >= 11 is 0. The third-order valence-electron chi connectivity index (χ3n) is 4.94. The van der Waals surface area contributed by atoms with Crippen molar-refractivity contribution in [2.45, 2.75) is 32.7 Å². The number of carbonyl (C=O) groups excluding carboxylic acids is 1. The molecule has 1 unspecified atom stereocenters. The highest BCUT2D eigenvalue weighted by atomic mass is 16.5. The van der Waals surface area contributed by atoms with Crippen LogP contribution in [0.1, 0.15) is 37.3 Å². The van der Waals surface area contributed by atoms with Gasteiger partial charge in [0.2, 0.25) is 5.88 Å². The molecular formula is C25H28N2O3. The molecule has 0 aliphatic heterocycles. The van der Waals surface area contributed by atoms with E-state index in [0.29, 0.717) is 25.5 Å². The van der Waals surface area contributed by atoms with Crippen molar-refractivity contribution in [1.82, 2.24) is 4.98 Å². The molecule has 1 heterocycles. The van der Waals surface area contributed by atoms with Gasteiger partial charge in [0, 0.05) is 23.4 Å². The lowest BCUT2D eigenvalue weighted by atomic mass is 9.98. The molecule has 0 amide bonds. The van der Waals surface area contributed by atoms with Crippen molar-refractivity contribution in [3.8, 4) is 17.1 Å². The van der Waals surface area contributed by atoms with Crippen LogP contribution in [0.5, 0.6) is 5.88 Å². The van der Waals surface area contributed by atoms with Gasteiger partial charge in [0.25, 0.3) is 0 Å². The molecule has 5 heteroatoms. The second-order valence-corrected chi connectivity index (χ2v) is 7.12. The van der Waals surface area contributed by atoms with Crippen LogP contribution in [0.15, 0.2) is 66.7 Å². The molecule has 0 fully saturated rings. The van der Waals surface area contributed by atoms with Crippen molar-refractivity contribution < 1.29 is 14.3 Å². The molecule has 1 aromatic heterocycles. The molecule has 5 nitrogen and oxygen atoms in total. The normalized spacial score (nSPS) is 11.6. The highest BCUT2D eigenvalue weighted by Gasteiger charge is 2.12. The fourth-order valence-electron chi connectivity index (χ4n) is 3.26. The number of methoxy groups -OCH3 is 1. The molecule has 30 heavy (non-hydrogen) atoms. The Morgan fingerprint density at radius 1 is 1.03 bits per heavy atom. The maximum atomic E-state index is 11.7. The van der Waals surface area contributed by atoms with Crippen molar-refractivity contribution in [3.63, 3.8) is 0 Å². The average Bonchev–Trinajstić information content (AvgIpc) is 2.78. The van der Waals surface area contributed by atoms with Crippen molar-refractivity contribution in [2.75, 3.05) is 19.0 Å². The summed E-state index contributed by atoms with van der Waals surface area (Å²) in [5, 5.41) is 3.41. The van der Waals surface area contributed by atoms with Gasteiger partial charge in [0.15, 0.2) is 0 Å². The smallest absolute Gasteiger partial charge is 0.306 e. The van der Waals surface area contributed by atoms with Crippen molar-refractivity contribution >= 4 is 11.7 Å². The standard InChI is InChI=1S/C25H28N2O3/c1-4-30-24(28)16-18(2)19-10-13-22(14-11-19)26-17-21-12-15-23(27-25(21)29-3)20-8-6-5-7-9-20/h5-15,18,26H,4,16-17H2,1-3H3. The first-order valence-electron chi connectivity index (χ1n) is 10.2. The van der Waals surface area contributed by atoms with E-state index in [-0.39, 0.29) is 11.9 Å². The molecule has 3 aromatic rings. The third kappa shape index (κ3) is 5.60. The van der Waals surface area contributed by atoms with Crippen LogP contribution in [0.3, 0.4) is 0 Å². The number of hydrogen-bond acceptors (Lipinski definition) is 5. The van der Waals surface area contributed by atoms with Crippen LogP contribution in [0, 0.1) is 0 Å². The van der Waals surface area contributed by atoms with Gasteiger partial charge in [-0.05, 0) is 42.7 Å². The first-order chi connectivity index (χ1) is 14.6. The van der Waals surface area contributed by atoms with E-state index in [4.69, 9.17) is 9.47 Å². The summed E-state index contributed by atoms with van der Waals surface area (Å²) in [6.45, 7) is 4.87. The van der Waals surface area contributed by atoms with E-state index in [1.807, 2.05) is 80.6 Å². The summed E-state index contributed by atoms with van der Waals surface area (Å²) in [5.41, 5.74) is 5.03. The maximum Gasteiger partial charge on any atom is 0.306 e. The van der Waals surface area contributed by atoms with Crippen LogP contribution < -0.4 is 10.1 Å². The van der Waals surface area contributed by atoms with Crippen LogP contribution in [-0.4, -0.2) is 24.7 Å². The first-order valence-corrected chi connectivity index (χ1v) is 10.2. The molecule has 0 bridgehead atoms. The number of nitrogens with one attached hydrogen (secondary N) is 1. The van der Waals surface area contributed by atoms with E-state index < -0.39 is 0 Å².